The van der Waals surface area contributed by atoms with E-state index in [9.17, 15) is 18.0 Å². The highest BCUT2D eigenvalue weighted by atomic mass is 32.2. The van der Waals surface area contributed by atoms with Crippen molar-refractivity contribution in [1.29, 1.82) is 0 Å². The lowest BCUT2D eigenvalue weighted by molar-refractivity contribution is -0.126. The van der Waals surface area contributed by atoms with Gasteiger partial charge in [-0.2, -0.15) is 0 Å². The van der Waals surface area contributed by atoms with Crippen LogP contribution in [0, 0.1) is 0 Å². The van der Waals surface area contributed by atoms with Crippen LogP contribution in [0.2, 0.25) is 0 Å². The molecule has 150 valence electrons. The molecule has 1 aromatic rings. The molecule has 9 heteroatoms. The first-order chi connectivity index (χ1) is 12.6. The minimum atomic E-state index is -3.70. The maximum atomic E-state index is 12.4. The third-order valence-corrected chi connectivity index (χ3v) is 5.51. The molecule has 0 unspecified atom stereocenters. The summed E-state index contributed by atoms with van der Waals surface area (Å²) in [7, 11) is 0.541. The molecular formula is C18H27N3O5S. The number of nitrogens with one attached hydrogen (secondary N) is 2. The highest BCUT2D eigenvalue weighted by molar-refractivity contribution is 7.89. The molecule has 8 nitrogen and oxygen atoms in total. The second-order valence-electron chi connectivity index (χ2n) is 6.05. The molecule has 0 aliphatic heterocycles. The first kappa shape index (κ1) is 22.7. The number of methoxy groups -OCH3 is 1. The van der Waals surface area contributed by atoms with Gasteiger partial charge in [0.25, 0.3) is 0 Å². The van der Waals surface area contributed by atoms with Crippen LogP contribution in [0.25, 0.3) is 6.08 Å². The molecule has 0 fully saturated rings. The number of amides is 2. The third-order valence-electron chi connectivity index (χ3n) is 3.67. The summed E-state index contributed by atoms with van der Waals surface area (Å²) in [5.41, 5.74) is 0.509. The number of ether oxygens (including phenoxy) is 1. The average Bonchev–Trinajstić information content (AvgIpc) is 2.63. The van der Waals surface area contributed by atoms with E-state index in [0.717, 1.165) is 10.7 Å². The second-order valence-corrected chi connectivity index (χ2v) is 8.17. The fraction of sp³-hybridized carbons (Fsp3) is 0.444. The molecule has 1 aromatic carbocycles. The largest absolute Gasteiger partial charge is 0.495 e. The summed E-state index contributed by atoms with van der Waals surface area (Å²) in [5.74, 6) is -0.504. The third kappa shape index (κ3) is 6.37. The van der Waals surface area contributed by atoms with Crippen LogP contribution >= 0.6 is 0 Å². The molecular weight excluding hydrogens is 370 g/mol. The Labute approximate surface area is 160 Å². The first-order valence-corrected chi connectivity index (χ1v) is 9.94. The quantitative estimate of drug-likeness (QED) is 0.605. The van der Waals surface area contributed by atoms with Gasteiger partial charge in [0, 0.05) is 26.7 Å². The van der Waals surface area contributed by atoms with E-state index in [1.54, 1.807) is 13.0 Å². The molecule has 0 aliphatic carbocycles. The van der Waals surface area contributed by atoms with Crippen molar-refractivity contribution in [3.05, 3.63) is 29.8 Å². The first-order valence-electron chi connectivity index (χ1n) is 8.50. The van der Waals surface area contributed by atoms with Crippen LogP contribution in [0.5, 0.6) is 5.75 Å². The smallest absolute Gasteiger partial charge is 0.246 e. The molecule has 27 heavy (non-hydrogen) atoms. The molecule has 2 N–H and O–H groups in total. The number of hydrogen-bond donors (Lipinski definition) is 2. The normalized spacial score (nSPS) is 12.8. The summed E-state index contributed by atoms with van der Waals surface area (Å²) < 4.78 is 31.0. The summed E-state index contributed by atoms with van der Waals surface area (Å²) in [6.07, 6.45) is 3.53. The lowest BCUT2D eigenvalue weighted by atomic mass is 10.2. The van der Waals surface area contributed by atoms with Crippen molar-refractivity contribution < 1.29 is 22.7 Å². The Bertz CT molecular complexity index is 803. The van der Waals surface area contributed by atoms with Gasteiger partial charge in [0.2, 0.25) is 21.8 Å². The molecule has 0 saturated carbocycles. The number of carbonyl (C=O) groups excluding carboxylic acids is 2. The second kappa shape index (κ2) is 10.1. The Morgan fingerprint density at radius 1 is 1.30 bits per heavy atom. The highest BCUT2D eigenvalue weighted by Gasteiger charge is 2.22. The number of hydrogen-bond acceptors (Lipinski definition) is 5. The maximum absolute atomic E-state index is 12.4. The van der Waals surface area contributed by atoms with E-state index in [4.69, 9.17) is 4.74 Å². The Hall–Kier alpha value is -2.39. The monoisotopic (exact) mass is 397 g/mol. The zero-order chi connectivity index (χ0) is 20.6. The van der Waals surface area contributed by atoms with Gasteiger partial charge in [-0.1, -0.05) is 13.0 Å². The molecule has 0 heterocycles. The van der Waals surface area contributed by atoms with Crippen molar-refractivity contribution in [2.24, 2.45) is 0 Å². The van der Waals surface area contributed by atoms with Crippen molar-refractivity contribution >= 4 is 27.9 Å². The van der Waals surface area contributed by atoms with Crippen molar-refractivity contribution in [2.45, 2.75) is 31.2 Å². The maximum Gasteiger partial charge on any atom is 0.246 e. The minimum absolute atomic E-state index is 0.00451. The van der Waals surface area contributed by atoms with Gasteiger partial charge >= 0.3 is 0 Å². The van der Waals surface area contributed by atoms with E-state index < -0.39 is 22.0 Å². The standard InChI is InChI=1S/C18H27N3O5S/c1-6-11-19-18(23)13(2)20-17(22)10-8-14-7-9-15(26-5)16(12-14)27(24,25)21(3)4/h7-10,12-13H,6,11H2,1-5H3,(H,19,23)(H,20,22)/b10-8+/t13-/m0/s1. The molecule has 0 saturated heterocycles. The zero-order valence-electron chi connectivity index (χ0n) is 16.3. The molecule has 1 rings (SSSR count). The molecule has 0 spiro atoms. The van der Waals surface area contributed by atoms with Gasteiger partial charge in [-0.15, -0.1) is 0 Å². The van der Waals surface area contributed by atoms with Crippen LogP contribution in [0.1, 0.15) is 25.8 Å². The Morgan fingerprint density at radius 2 is 1.96 bits per heavy atom. The van der Waals surface area contributed by atoms with Gasteiger partial charge in [0.05, 0.1) is 7.11 Å². The van der Waals surface area contributed by atoms with Crippen LogP contribution in [0.3, 0.4) is 0 Å². The molecule has 1 atom stereocenters. The SMILES string of the molecule is CCCNC(=O)[C@H](C)NC(=O)/C=C/c1ccc(OC)c(S(=O)(=O)N(C)C)c1. The summed E-state index contributed by atoms with van der Waals surface area (Å²) in [4.78, 5) is 23.8. The zero-order valence-corrected chi connectivity index (χ0v) is 17.1. The lowest BCUT2D eigenvalue weighted by Crippen LogP contribution is -2.44. The number of nitrogens with zero attached hydrogens (tertiary/aromatic N) is 1. The lowest BCUT2D eigenvalue weighted by Gasteiger charge is -2.15. The van der Waals surface area contributed by atoms with Crippen LogP contribution in [-0.4, -0.2) is 58.3 Å². The van der Waals surface area contributed by atoms with Crippen LogP contribution in [0.4, 0.5) is 0 Å². The Kier molecular flexibility index (Phi) is 8.45. The van der Waals surface area contributed by atoms with E-state index in [0.29, 0.717) is 12.1 Å². The predicted octanol–water partition coefficient (Wildman–Crippen LogP) is 0.990. The van der Waals surface area contributed by atoms with E-state index >= 15 is 0 Å². The van der Waals surface area contributed by atoms with E-state index in [1.807, 2.05) is 6.92 Å². The fourth-order valence-corrected chi connectivity index (χ4v) is 3.18. The van der Waals surface area contributed by atoms with E-state index in [-0.39, 0.29) is 16.6 Å². The number of rotatable bonds is 9. The molecule has 2 amide bonds. The summed E-state index contributed by atoms with van der Waals surface area (Å²) in [5, 5.41) is 5.25. The molecule has 0 bridgehead atoms. The van der Waals surface area contributed by atoms with E-state index in [1.165, 1.54) is 45.5 Å². The summed E-state index contributed by atoms with van der Waals surface area (Å²) >= 11 is 0. The van der Waals surface area contributed by atoms with Gasteiger partial charge in [0.15, 0.2) is 0 Å². The Balaban J connectivity index is 2.93. The van der Waals surface area contributed by atoms with Crippen molar-refractivity contribution in [2.75, 3.05) is 27.7 Å². The van der Waals surface area contributed by atoms with Crippen molar-refractivity contribution in [3.8, 4) is 5.75 Å². The van der Waals surface area contributed by atoms with Crippen molar-refractivity contribution in [1.82, 2.24) is 14.9 Å². The summed E-state index contributed by atoms with van der Waals surface area (Å²) in [6, 6.07) is 3.91. The van der Waals surface area contributed by atoms with Gasteiger partial charge < -0.3 is 15.4 Å². The number of sulfonamides is 1. The number of benzene rings is 1. The topological polar surface area (TPSA) is 105 Å². The van der Waals surface area contributed by atoms with Crippen LogP contribution in [0.15, 0.2) is 29.2 Å². The molecule has 0 aliphatic rings. The molecule has 0 radical (unpaired) electrons. The summed E-state index contributed by atoms with van der Waals surface area (Å²) in [6.45, 7) is 4.07. The van der Waals surface area contributed by atoms with Gasteiger partial charge in [-0.05, 0) is 37.1 Å². The fourth-order valence-electron chi connectivity index (χ4n) is 2.10. The van der Waals surface area contributed by atoms with Gasteiger partial charge in [-0.3, -0.25) is 9.59 Å². The van der Waals surface area contributed by atoms with Gasteiger partial charge in [-0.25, -0.2) is 12.7 Å². The Morgan fingerprint density at radius 3 is 2.52 bits per heavy atom. The van der Waals surface area contributed by atoms with E-state index in [2.05, 4.69) is 10.6 Å². The molecule has 0 aromatic heterocycles. The van der Waals surface area contributed by atoms with Crippen molar-refractivity contribution in [3.63, 3.8) is 0 Å². The van der Waals surface area contributed by atoms with Crippen LogP contribution in [-0.2, 0) is 19.6 Å². The highest BCUT2D eigenvalue weighted by Crippen LogP contribution is 2.27. The van der Waals surface area contributed by atoms with Crippen LogP contribution < -0.4 is 15.4 Å². The number of carbonyl (C=O) groups is 2. The average molecular weight is 397 g/mol. The predicted molar refractivity (Wildman–Crippen MR) is 104 cm³/mol. The van der Waals surface area contributed by atoms with Gasteiger partial charge in [0.1, 0.15) is 16.7 Å². The minimum Gasteiger partial charge on any atom is -0.495 e.